The molecule has 142 valence electrons. The van der Waals surface area contributed by atoms with Crippen molar-refractivity contribution in [1.82, 2.24) is 19.9 Å². The van der Waals surface area contributed by atoms with Gasteiger partial charge in [-0.15, -0.1) is 0 Å². The van der Waals surface area contributed by atoms with Crippen LogP contribution in [0.15, 0.2) is 30.6 Å². The van der Waals surface area contributed by atoms with E-state index in [1.54, 1.807) is 17.5 Å². The Balaban J connectivity index is 1.28. The van der Waals surface area contributed by atoms with Gasteiger partial charge in [-0.1, -0.05) is 17.4 Å². The molecule has 4 rings (SSSR count). The summed E-state index contributed by atoms with van der Waals surface area (Å²) in [6, 6.07) is 6.39. The van der Waals surface area contributed by atoms with Crippen LogP contribution < -0.4 is 10.2 Å². The molecule has 2 aromatic heterocycles. The number of anilines is 1. The highest BCUT2D eigenvalue weighted by Crippen LogP contribution is 2.32. The Morgan fingerprint density at radius 3 is 2.85 bits per heavy atom. The minimum atomic E-state index is 0.0988. The molecule has 0 spiro atoms. The Morgan fingerprint density at radius 2 is 2.11 bits per heavy atom. The molecule has 0 saturated carbocycles. The Morgan fingerprint density at radius 1 is 1.30 bits per heavy atom. The van der Waals surface area contributed by atoms with Crippen LogP contribution in [0, 0.1) is 19.8 Å². The van der Waals surface area contributed by atoms with Crippen molar-refractivity contribution in [2.45, 2.75) is 33.2 Å². The zero-order valence-corrected chi connectivity index (χ0v) is 16.6. The van der Waals surface area contributed by atoms with E-state index in [0.29, 0.717) is 6.54 Å². The summed E-state index contributed by atoms with van der Waals surface area (Å²) in [6.45, 7) is 7.27. The topological polar surface area (TPSA) is 63.1 Å². The molecule has 1 aromatic carbocycles. The van der Waals surface area contributed by atoms with Gasteiger partial charge >= 0.3 is 0 Å². The van der Waals surface area contributed by atoms with Crippen molar-refractivity contribution in [2.24, 2.45) is 5.92 Å². The van der Waals surface area contributed by atoms with Crippen LogP contribution in [0.1, 0.15) is 24.2 Å². The van der Waals surface area contributed by atoms with Crippen LogP contribution in [0.3, 0.4) is 0 Å². The van der Waals surface area contributed by atoms with Crippen molar-refractivity contribution in [3.05, 3.63) is 42.0 Å². The van der Waals surface area contributed by atoms with E-state index in [2.05, 4.69) is 44.9 Å². The monoisotopic (exact) mass is 383 g/mol. The number of thiazole rings is 1. The van der Waals surface area contributed by atoms with Gasteiger partial charge in [0.05, 0.1) is 10.2 Å². The van der Waals surface area contributed by atoms with Gasteiger partial charge in [-0.25, -0.2) is 9.97 Å². The molecule has 1 aliphatic rings. The van der Waals surface area contributed by atoms with Crippen LogP contribution in [0.4, 0.5) is 5.13 Å². The van der Waals surface area contributed by atoms with Crippen molar-refractivity contribution in [3.63, 3.8) is 0 Å². The normalized spacial score (nSPS) is 15.4. The molecule has 27 heavy (non-hydrogen) atoms. The fourth-order valence-electron chi connectivity index (χ4n) is 3.57. The molecule has 0 bridgehead atoms. The number of nitrogens with one attached hydrogen (secondary N) is 1. The molecular weight excluding hydrogens is 358 g/mol. The summed E-state index contributed by atoms with van der Waals surface area (Å²) in [5.74, 6) is 1.25. The van der Waals surface area contributed by atoms with Crippen molar-refractivity contribution < 1.29 is 4.79 Å². The van der Waals surface area contributed by atoms with E-state index in [-0.39, 0.29) is 11.8 Å². The quantitative estimate of drug-likeness (QED) is 0.735. The summed E-state index contributed by atoms with van der Waals surface area (Å²) in [5.41, 5.74) is 2.33. The number of rotatable bonds is 5. The lowest BCUT2D eigenvalue weighted by Crippen LogP contribution is -2.41. The zero-order chi connectivity index (χ0) is 18.8. The second-order valence-electron chi connectivity index (χ2n) is 7.19. The lowest BCUT2D eigenvalue weighted by atomic mass is 9.96. The number of imidazole rings is 1. The number of benzene rings is 1. The first-order valence-corrected chi connectivity index (χ1v) is 10.3. The average molecular weight is 384 g/mol. The molecule has 1 N–H and O–H groups in total. The van der Waals surface area contributed by atoms with Crippen molar-refractivity contribution in [3.8, 4) is 0 Å². The first-order valence-electron chi connectivity index (χ1n) is 9.48. The molecule has 0 unspecified atom stereocenters. The highest BCUT2D eigenvalue weighted by Gasteiger charge is 2.26. The maximum absolute atomic E-state index is 12.5. The first kappa shape index (κ1) is 18.0. The molecule has 1 amide bonds. The van der Waals surface area contributed by atoms with E-state index >= 15 is 0 Å². The van der Waals surface area contributed by atoms with Gasteiger partial charge in [0.25, 0.3) is 0 Å². The summed E-state index contributed by atoms with van der Waals surface area (Å²) in [4.78, 5) is 23.8. The van der Waals surface area contributed by atoms with E-state index in [9.17, 15) is 4.79 Å². The van der Waals surface area contributed by atoms with E-state index in [4.69, 9.17) is 4.98 Å². The van der Waals surface area contributed by atoms with Gasteiger partial charge in [-0.3, -0.25) is 4.79 Å². The van der Waals surface area contributed by atoms with Crippen molar-refractivity contribution in [1.29, 1.82) is 0 Å². The summed E-state index contributed by atoms with van der Waals surface area (Å²) >= 11 is 1.75. The SMILES string of the molecule is Cc1ccc2nc(N3CCC(C(=O)NCCn4ccnc4C)CC3)sc2c1. The van der Waals surface area contributed by atoms with Crippen LogP contribution in [0.2, 0.25) is 0 Å². The summed E-state index contributed by atoms with van der Waals surface area (Å²) < 4.78 is 3.29. The number of fused-ring (bicyclic) bond motifs is 1. The largest absolute Gasteiger partial charge is 0.354 e. The molecule has 1 fully saturated rings. The van der Waals surface area contributed by atoms with Crippen molar-refractivity contribution >= 4 is 32.6 Å². The number of carbonyl (C=O) groups excluding carboxylic acids is 1. The second kappa shape index (κ2) is 7.68. The Labute approximate surface area is 163 Å². The van der Waals surface area contributed by atoms with E-state index in [1.807, 2.05) is 13.1 Å². The number of carbonyl (C=O) groups is 1. The van der Waals surface area contributed by atoms with Gasteiger partial charge in [-0.05, 0) is 44.4 Å². The Bertz CT molecular complexity index is 939. The van der Waals surface area contributed by atoms with E-state index in [0.717, 1.165) is 48.9 Å². The third-order valence-electron chi connectivity index (χ3n) is 5.24. The van der Waals surface area contributed by atoms with Gasteiger partial charge < -0.3 is 14.8 Å². The predicted octanol–water partition coefficient (Wildman–Crippen LogP) is 3.14. The fraction of sp³-hybridized carbons (Fsp3) is 0.450. The second-order valence-corrected chi connectivity index (χ2v) is 8.20. The molecule has 0 aliphatic carbocycles. The third-order valence-corrected chi connectivity index (χ3v) is 6.32. The highest BCUT2D eigenvalue weighted by molar-refractivity contribution is 7.22. The molecule has 0 radical (unpaired) electrons. The maximum atomic E-state index is 12.5. The minimum Gasteiger partial charge on any atom is -0.354 e. The maximum Gasteiger partial charge on any atom is 0.223 e. The summed E-state index contributed by atoms with van der Waals surface area (Å²) in [5, 5.41) is 4.16. The van der Waals surface area contributed by atoms with Gasteiger partial charge in [0, 0.05) is 44.5 Å². The number of piperidine rings is 1. The number of aryl methyl sites for hydroxylation is 2. The van der Waals surface area contributed by atoms with Gasteiger partial charge in [0.2, 0.25) is 5.91 Å². The molecule has 6 nitrogen and oxygen atoms in total. The molecule has 7 heteroatoms. The molecule has 0 atom stereocenters. The average Bonchev–Trinajstić information content (AvgIpc) is 3.27. The molecule has 3 heterocycles. The van der Waals surface area contributed by atoms with Crippen molar-refractivity contribution in [2.75, 3.05) is 24.5 Å². The van der Waals surface area contributed by atoms with E-state index < -0.39 is 0 Å². The standard InChI is InChI=1S/C20H25N5OS/c1-14-3-4-17-18(13-14)27-20(23-17)25-9-5-16(6-10-25)19(26)22-8-12-24-11-7-21-15(24)2/h3-4,7,11,13,16H,5-6,8-10,12H2,1-2H3,(H,22,26). The fourth-order valence-corrected chi connectivity index (χ4v) is 4.69. The lowest BCUT2D eigenvalue weighted by Gasteiger charge is -2.31. The predicted molar refractivity (Wildman–Crippen MR) is 109 cm³/mol. The molecule has 1 aliphatic heterocycles. The van der Waals surface area contributed by atoms with Crippen LogP contribution in [-0.4, -0.2) is 40.1 Å². The van der Waals surface area contributed by atoms with Crippen LogP contribution in [0.5, 0.6) is 0 Å². The van der Waals surface area contributed by atoms with Crippen LogP contribution in [-0.2, 0) is 11.3 Å². The summed E-state index contributed by atoms with van der Waals surface area (Å²) in [6.07, 6.45) is 5.49. The highest BCUT2D eigenvalue weighted by atomic mass is 32.1. The van der Waals surface area contributed by atoms with E-state index in [1.165, 1.54) is 10.3 Å². The molecular formula is C20H25N5OS. The zero-order valence-electron chi connectivity index (χ0n) is 15.8. The smallest absolute Gasteiger partial charge is 0.223 e. The Kier molecular flexibility index (Phi) is 5.11. The van der Waals surface area contributed by atoms with Gasteiger partial charge in [0.15, 0.2) is 5.13 Å². The lowest BCUT2D eigenvalue weighted by molar-refractivity contribution is -0.125. The number of hydrogen-bond donors (Lipinski definition) is 1. The summed E-state index contributed by atoms with van der Waals surface area (Å²) in [7, 11) is 0. The number of hydrogen-bond acceptors (Lipinski definition) is 5. The molecule has 1 saturated heterocycles. The van der Waals surface area contributed by atoms with Crippen LogP contribution in [0.25, 0.3) is 10.2 Å². The molecule has 3 aromatic rings. The van der Waals surface area contributed by atoms with Crippen LogP contribution >= 0.6 is 11.3 Å². The third kappa shape index (κ3) is 3.98. The van der Waals surface area contributed by atoms with Gasteiger partial charge in [-0.2, -0.15) is 0 Å². The minimum absolute atomic E-state index is 0.0988. The number of aromatic nitrogens is 3. The Hall–Kier alpha value is -2.41. The first-order chi connectivity index (χ1) is 13.1. The number of nitrogens with zero attached hydrogens (tertiary/aromatic N) is 4. The van der Waals surface area contributed by atoms with Gasteiger partial charge in [0.1, 0.15) is 5.82 Å². The number of amides is 1.